The van der Waals surface area contributed by atoms with E-state index in [1.54, 1.807) is 17.3 Å². The highest BCUT2D eigenvalue weighted by Gasteiger charge is 2.54. The van der Waals surface area contributed by atoms with Crippen molar-refractivity contribution in [3.8, 4) is 0 Å². The van der Waals surface area contributed by atoms with Crippen molar-refractivity contribution >= 4 is 35.2 Å². The van der Waals surface area contributed by atoms with Gasteiger partial charge in [-0.3, -0.25) is 14.7 Å². The Bertz CT molecular complexity index is 1110. The second-order valence-corrected chi connectivity index (χ2v) is 9.57. The zero-order valence-corrected chi connectivity index (χ0v) is 18.5. The van der Waals surface area contributed by atoms with Gasteiger partial charge in [0.05, 0.1) is 22.7 Å². The average Bonchev–Trinajstić information content (AvgIpc) is 3.55. The van der Waals surface area contributed by atoms with Gasteiger partial charge in [0, 0.05) is 6.61 Å². The summed E-state index contributed by atoms with van der Waals surface area (Å²) in [7, 11) is 0. The molecule has 1 amide bonds. The third-order valence-electron chi connectivity index (χ3n) is 7.10. The van der Waals surface area contributed by atoms with Crippen molar-refractivity contribution in [1.29, 1.82) is 0 Å². The molecule has 1 aliphatic carbocycles. The maximum absolute atomic E-state index is 14.0. The number of aliphatic imine (C=N–C) groups is 1. The van der Waals surface area contributed by atoms with Crippen LogP contribution in [0, 0.1) is 0 Å². The number of para-hydroxylation sites is 1. The Balaban J connectivity index is 1.42. The second-order valence-electron chi connectivity index (χ2n) is 9.16. The van der Waals surface area contributed by atoms with E-state index >= 15 is 0 Å². The van der Waals surface area contributed by atoms with Crippen molar-refractivity contribution in [3.05, 3.63) is 34.9 Å². The van der Waals surface area contributed by atoms with Crippen molar-refractivity contribution in [2.24, 2.45) is 4.99 Å². The molecule has 3 aliphatic heterocycles. The fourth-order valence-electron chi connectivity index (χ4n) is 5.43. The molecule has 9 nitrogen and oxygen atoms in total. The standard InChI is InChI=1S/C22H24ClN5O4/c1-21(8-5-11-31-21)28-16-13(23)6-4-7-14(16)27-12-24-15(17(27)19(28)29)18-25-20(26-32-18)22(30)9-2-3-10-22/h4,6-7,12,15,17,30H,2-3,5,8-11H2,1H3. The predicted octanol–water partition coefficient (Wildman–Crippen LogP) is 3.32. The Hall–Kier alpha value is -2.49. The van der Waals surface area contributed by atoms with Crippen LogP contribution in [-0.2, 0) is 15.1 Å². The quantitative estimate of drug-likeness (QED) is 0.753. The maximum atomic E-state index is 14.0. The van der Waals surface area contributed by atoms with Crippen LogP contribution in [0.25, 0.3) is 0 Å². The van der Waals surface area contributed by atoms with Gasteiger partial charge in [-0.05, 0) is 57.6 Å². The van der Waals surface area contributed by atoms with Gasteiger partial charge in [-0.15, -0.1) is 0 Å². The Morgan fingerprint density at radius 1 is 1.22 bits per heavy atom. The molecule has 168 valence electrons. The first-order valence-corrected chi connectivity index (χ1v) is 11.4. The van der Waals surface area contributed by atoms with Crippen LogP contribution in [-0.4, -0.2) is 45.9 Å². The summed E-state index contributed by atoms with van der Waals surface area (Å²) in [5.74, 6) is 0.311. The zero-order chi connectivity index (χ0) is 22.1. The van der Waals surface area contributed by atoms with Crippen molar-refractivity contribution in [2.45, 2.75) is 68.9 Å². The largest absolute Gasteiger partial charge is 0.382 e. The van der Waals surface area contributed by atoms with E-state index in [2.05, 4.69) is 15.1 Å². The molecule has 1 saturated carbocycles. The topological polar surface area (TPSA) is 104 Å². The van der Waals surface area contributed by atoms with Crippen molar-refractivity contribution < 1.29 is 19.2 Å². The van der Waals surface area contributed by atoms with Gasteiger partial charge in [0.15, 0.2) is 6.04 Å². The van der Waals surface area contributed by atoms with Gasteiger partial charge in [0.25, 0.3) is 11.8 Å². The number of aliphatic hydroxyl groups is 1. The second kappa shape index (κ2) is 7.00. The lowest BCUT2D eigenvalue weighted by molar-refractivity contribution is -0.125. The van der Waals surface area contributed by atoms with Crippen LogP contribution < -0.4 is 9.80 Å². The molecule has 3 atom stereocenters. The molecule has 32 heavy (non-hydrogen) atoms. The molecule has 6 rings (SSSR count). The molecule has 4 heterocycles. The summed E-state index contributed by atoms with van der Waals surface area (Å²) in [6, 6.07) is 4.16. The van der Waals surface area contributed by atoms with Crippen LogP contribution in [0.5, 0.6) is 0 Å². The summed E-state index contributed by atoms with van der Waals surface area (Å²) >= 11 is 6.59. The van der Waals surface area contributed by atoms with E-state index in [0.717, 1.165) is 24.9 Å². The lowest BCUT2D eigenvalue weighted by atomic mass is 9.97. The van der Waals surface area contributed by atoms with Crippen LogP contribution in [0.4, 0.5) is 11.4 Å². The smallest absolute Gasteiger partial charge is 0.255 e. The minimum absolute atomic E-state index is 0.183. The van der Waals surface area contributed by atoms with Crippen molar-refractivity contribution in [3.63, 3.8) is 0 Å². The number of nitrogens with zero attached hydrogens (tertiary/aromatic N) is 5. The van der Waals surface area contributed by atoms with Crippen molar-refractivity contribution in [1.82, 2.24) is 10.1 Å². The summed E-state index contributed by atoms with van der Waals surface area (Å²) in [5.41, 5.74) is -0.468. The maximum Gasteiger partial charge on any atom is 0.255 e. The zero-order valence-electron chi connectivity index (χ0n) is 17.7. The summed E-state index contributed by atoms with van der Waals surface area (Å²) < 4.78 is 11.6. The summed E-state index contributed by atoms with van der Waals surface area (Å²) in [6.07, 6.45) is 6.24. The van der Waals surface area contributed by atoms with Crippen LogP contribution in [0.15, 0.2) is 27.7 Å². The summed E-state index contributed by atoms with van der Waals surface area (Å²) in [5, 5.41) is 15.4. The SMILES string of the molecule is CC1(N2C(=O)C3C(c4nc(C5(O)CCCC5)no4)N=CN3c3cccc(Cl)c32)CCCO1. The number of benzene rings is 1. The summed E-state index contributed by atoms with van der Waals surface area (Å²) in [6.45, 7) is 2.51. The Morgan fingerprint density at radius 2 is 2.03 bits per heavy atom. The van der Waals surface area contributed by atoms with Crippen LogP contribution in [0.1, 0.15) is 63.2 Å². The molecule has 4 aliphatic rings. The molecule has 0 spiro atoms. The molecule has 2 aromatic rings. The highest BCUT2D eigenvalue weighted by Crippen LogP contribution is 2.50. The van der Waals surface area contributed by atoms with E-state index in [-0.39, 0.29) is 17.6 Å². The Morgan fingerprint density at radius 3 is 2.78 bits per heavy atom. The Labute approximate surface area is 190 Å². The number of halogens is 1. The number of fused-ring (bicyclic) bond motifs is 3. The van der Waals surface area contributed by atoms with Crippen LogP contribution in [0.3, 0.4) is 0 Å². The molecule has 0 bridgehead atoms. The normalized spacial score (nSPS) is 30.8. The molecule has 1 aromatic carbocycles. The van der Waals surface area contributed by atoms with Gasteiger partial charge in [0.1, 0.15) is 17.4 Å². The first-order chi connectivity index (χ1) is 15.4. The number of carbonyl (C=O) groups excluding carboxylic acids is 1. The van der Waals surface area contributed by atoms with Crippen molar-refractivity contribution in [2.75, 3.05) is 16.4 Å². The Kier molecular flexibility index (Phi) is 4.41. The summed E-state index contributed by atoms with van der Waals surface area (Å²) in [4.78, 5) is 26.5. The van der Waals surface area contributed by atoms with E-state index in [9.17, 15) is 9.90 Å². The van der Waals surface area contributed by atoms with Crippen LogP contribution in [0.2, 0.25) is 5.02 Å². The molecule has 2 fully saturated rings. The number of hydrogen-bond acceptors (Lipinski definition) is 8. The average molecular weight is 458 g/mol. The monoisotopic (exact) mass is 457 g/mol. The van der Waals surface area contributed by atoms with E-state index < -0.39 is 23.4 Å². The first kappa shape index (κ1) is 20.1. The molecule has 0 radical (unpaired) electrons. The number of amides is 1. The van der Waals surface area contributed by atoms with Gasteiger partial charge in [-0.1, -0.05) is 22.8 Å². The van der Waals surface area contributed by atoms with Gasteiger partial charge >= 0.3 is 0 Å². The highest BCUT2D eigenvalue weighted by atomic mass is 35.5. The molecule has 3 unspecified atom stereocenters. The number of anilines is 2. The van der Waals surface area contributed by atoms with Gasteiger partial charge in [-0.25, -0.2) is 0 Å². The van der Waals surface area contributed by atoms with E-state index in [4.69, 9.17) is 20.9 Å². The van der Waals surface area contributed by atoms with Gasteiger partial charge < -0.3 is 19.3 Å². The number of rotatable bonds is 3. The minimum atomic E-state index is -1.07. The number of hydrogen-bond donors (Lipinski definition) is 1. The molecule has 1 aromatic heterocycles. The van der Waals surface area contributed by atoms with Gasteiger partial charge in [0.2, 0.25) is 5.82 Å². The fourth-order valence-corrected chi connectivity index (χ4v) is 5.68. The van der Waals surface area contributed by atoms with E-state index in [1.165, 1.54) is 0 Å². The predicted molar refractivity (Wildman–Crippen MR) is 117 cm³/mol. The van der Waals surface area contributed by atoms with Crippen LogP contribution >= 0.6 is 11.6 Å². The fraction of sp³-hybridized carbons (Fsp3) is 0.545. The molecule has 10 heteroatoms. The third kappa shape index (κ3) is 2.77. The first-order valence-electron chi connectivity index (χ1n) is 11.1. The highest BCUT2D eigenvalue weighted by molar-refractivity contribution is 6.35. The minimum Gasteiger partial charge on any atom is -0.382 e. The number of ether oxygens (including phenoxy) is 1. The third-order valence-corrected chi connectivity index (χ3v) is 7.41. The molecular weight excluding hydrogens is 434 g/mol. The van der Waals surface area contributed by atoms with Gasteiger partial charge in [-0.2, -0.15) is 4.98 Å². The lowest BCUT2D eigenvalue weighted by Gasteiger charge is -2.46. The molecule has 1 N–H and O–H groups in total. The number of aromatic nitrogens is 2. The molecule has 1 saturated heterocycles. The number of carbonyl (C=O) groups is 1. The lowest BCUT2D eigenvalue weighted by Crippen LogP contribution is -2.60. The van der Waals surface area contributed by atoms with E-state index in [1.807, 2.05) is 24.0 Å². The molecular formula is C22H24ClN5O4. The van der Waals surface area contributed by atoms with E-state index in [0.29, 0.717) is 36.6 Å².